The summed E-state index contributed by atoms with van der Waals surface area (Å²) in [6.07, 6.45) is 1.14. The molecule has 0 aliphatic carbocycles. The Morgan fingerprint density at radius 1 is 1.06 bits per heavy atom. The van der Waals surface area contributed by atoms with Gasteiger partial charge in [0, 0.05) is 11.8 Å². The van der Waals surface area contributed by atoms with Gasteiger partial charge in [0.25, 0.3) is 0 Å². The molecule has 0 aliphatic rings. The lowest BCUT2D eigenvalue weighted by molar-refractivity contribution is 0.601. The Morgan fingerprint density at radius 2 is 1.72 bits per heavy atom. The van der Waals surface area contributed by atoms with E-state index in [1.807, 2.05) is 0 Å². The molecule has 0 aliphatic heterocycles. The third-order valence-corrected chi connectivity index (χ3v) is 3.88. The lowest BCUT2D eigenvalue weighted by Gasteiger charge is -2.07. The Hall–Kier alpha value is -1.68. The zero-order valence-corrected chi connectivity index (χ0v) is 11.0. The lowest BCUT2D eigenvalue weighted by atomic mass is 10.0. The van der Waals surface area contributed by atoms with Crippen LogP contribution in [-0.4, -0.2) is 14.7 Å². The minimum absolute atomic E-state index is 0.195. The monoisotopic (exact) mass is 264 g/mol. The van der Waals surface area contributed by atoms with Crippen LogP contribution in [0.4, 0.5) is 4.39 Å². The van der Waals surface area contributed by atoms with E-state index in [2.05, 4.69) is 0 Å². The first-order valence-electron chi connectivity index (χ1n) is 5.45. The molecule has 4 heteroatoms. The van der Waals surface area contributed by atoms with Gasteiger partial charge in [-0.15, -0.1) is 0 Å². The number of hydrogen-bond acceptors (Lipinski definition) is 2. The molecular weight excluding hydrogens is 251 g/mol. The van der Waals surface area contributed by atoms with Gasteiger partial charge in [-0.3, -0.25) is 0 Å². The number of rotatable bonds is 2. The van der Waals surface area contributed by atoms with Crippen molar-refractivity contribution in [1.29, 1.82) is 0 Å². The summed E-state index contributed by atoms with van der Waals surface area (Å²) in [6.45, 7) is 1.68. The maximum Gasteiger partial charge on any atom is 0.175 e. The van der Waals surface area contributed by atoms with Crippen LogP contribution in [0.3, 0.4) is 0 Å². The van der Waals surface area contributed by atoms with E-state index in [0.717, 1.165) is 6.26 Å². The van der Waals surface area contributed by atoms with E-state index in [1.165, 1.54) is 12.1 Å². The van der Waals surface area contributed by atoms with Crippen molar-refractivity contribution in [3.8, 4) is 11.1 Å². The molecule has 2 aromatic rings. The van der Waals surface area contributed by atoms with E-state index in [-0.39, 0.29) is 10.7 Å². The first-order chi connectivity index (χ1) is 8.39. The average Bonchev–Trinajstić information content (AvgIpc) is 2.32. The van der Waals surface area contributed by atoms with Crippen molar-refractivity contribution in [1.82, 2.24) is 0 Å². The van der Waals surface area contributed by atoms with Crippen LogP contribution < -0.4 is 0 Å². The van der Waals surface area contributed by atoms with E-state index >= 15 is 0 Å². The number of aryl methyl sites for hydroxylation is 1. The number of halogens is 1. The summed E-state index contributed by atoms with van der Waals surface area (Å²) in [6, 6.07) is 11.4. The zero-order valence-electron chi connectivity index (χ0n) is 10.1. The Morgan fingerprint density at radius 3 is 2.39 bits per heavy atom. The van der Waals surface area contributed by atoms with E-state index in [4.69, 9.17) is 0 Å². The van der Waals surface area contributed by atoms with Crippen molar-refractivity contribution in [3.05, 3.63) is 53.8 Å². The van der Waals surface area contributed by atoms with Gasteiger partial charge in [-0.1, -0.05) is 30.3 Å². The van der Waals surface area contributed by atoms with E-state index in [0.29, 0.717) is 16.7 Å². The normalized spacial score (nSPS) is 11.5. The molecule has 0 atom stereocenters. The quantitative estimate of drug-likeness (QED) is 0.834. The Labute approximate surface area is 106 Å². The van der Waals surface area contributed by atoms with Gasteiger partial charge in [-0.25, -0.2) is 12.8 Å². The molecular formula is C14H13FO2S. The van der Waals surface area contributed by atoms with Crippen LogP contribution in [0.2, 0.25) is 0 Å². The first-order valence-corrected chi connectivity index (χ1v) is 7.34. The summed E-state index contributed by atoms with van der Waals surface area (Å²) in [4.78, 5) is 0.195. The summed E-state index contributed by atoms with van der Waals surface area (Å²) in [5, 5.41) is 0. The highest BCUT2D eigenvalue weighted by Gasteiger charge is 2.11. The fourth-order valence-corrected chi connectivity index (χ4v) is 2.43. The number of benzene rings is 2. The second kappa shape index (κ2) is 4.53. The van der Waals surface area contributed by atoms with Crippen LogP contribution >= 0.6 is 0 Å². The Balaban J connectivity index is 2.62. The summed E-state index contributed by atoms with van der Waals surface area (Å²) in [7, 11) is -3.28. The highest BCUT2D eigenvalue weighted by atomic mass is 32.2. The van der Waals surface area contributed by atoms with Crippen molar-refractivity contribution in [2.45, 2.75) is 11.8 Å². The van der Waals surface area contributed by atoms with Gasteiger partial charge in [0.15, 0.2) is 9.84 Å². The maximum atomic E-state index is 14.0. The number of sulfone groups is 1. The van der Waals surface area contributed by atoms with Gasteiger partial charge in [0.1, 0.15) is 5.82 Å². The summed E-state index contributed by atoms with van der Waals surface area (Å²) in [5.74, 6) is -0.317. The van der Waals surface area contributed by atoms with Gasteiger partial charge in [0.2, 0.25) is 0 Å². The van der Waals surface area contributed by atoms with E-state index in [9.17, 15) is 12.8 Å². The van der Waals surface area contributed by atoms with Crippen LogP contribution in [0.25, 0.3) is 11.1 Å². The predicted molar refractivity (Wildman–Crippen MR) is 69.7 cm³/mol. The standard InChI is InChI=1S/C14H13FO2S/c1-10-5-3-8-13(14(10)15)11-6-4-7-12(9-11)18(2,16)17/h3-9H,1-2H3. The molecule has 0 saturated heterocycles. The van der Waals surface area contributed by atoms with Crippen molar-refractivity contribution >= 4 is 9.84 Å². The molecule has 0 bridgehead atoms. The van der Waals surface area contributed by atoms with Gasteiger partial charge in [-0.2, -0.15) is 0 Å². The van der Waals surface area contributed by atoms with Crippen LogP contribution in [0.1, 0.15) is 5.56 Å². The van der Waals surface area contributed by atoms with Crippen LogP contribution in [0, 0.1) is 12.7 Å². The van der Waals surface area contributed by atoms with Gasteiger partial charge in [0.05, 0.1) is 4.90 Å². The molecule has 0 aromatic heterocycles. The largest absolute Gasteiger partial charge is 0.224 e. The molecule has 0 radical (unpaired) electrons. The van der Waals surface area contributed by atoms with Crippen LogP contribution in [-0.2, 0) is 9.84 Å². The summed E-state index contributed by atoms with van der Waals surface area (Å²) >= 11 is 0. The maximum absolute atomic E-state index is 14.0. The second-order valence-electron chi connectivity index (χ2n) is 4.24. The smallest absolute Gasteiger partial charge is 0.175 e. The van der Waals surface area contributed by atoms with Crippen molar-refractivity contribution in [2.24, 2.45) is 0 Å². The SMILES string of the molecule is Cc1cccc(-c2cccc(S(C)(=O)=O)c2)c1F. The number of hydrogen-bond donors (Lipinski definition) is 0. The molecule has 0 unspecified atom stereocenters. The average molecular weight is 264 g/mol. The van der Waals surface area contributed by atoms with Gasteiger partial charge >= 0.3 is 0 Å². The third-order valence-electron chi connectivity index (χ3n) is 2.76. The van der Waals surface area contributed by atoms with Crippen molar-refractivity contribution in [3.63, 3.8) is 0 Å². The van der Waals surface area contributed by atoms with Crippen LogP contribution in [0.5, 0.6) is 0 Å². The van der Waals surface area contributed by atoms with Gasteiger partial charge in [-0.05, 0) is 30.2 Å². The highest BCUT2D eigenvalue weighted by molar-refractivity contribution is 7.90. The molecule has 94 valence electrons. The molecule has 0 heterocycles. The Kier molecular flexibility index (Phi) is 3.22. The molecule has 2 nitrogen and oxygen atoms in total. The molecule has 0 fully saturated rings. The van der Waals surface area contributed by atoms with Crippen molar-refractivity contribution < 1.29 is 12.8 Å². The topological polar surface area (TPSA) is 34.1 Å². The second-order valence-corrected chi connectivity index (χ2v) is 6.25. The zero-order chi connectivity index (χ0) is 13.3. The minimum Gasteiger partial charge on any atom is -0.224 e. The van der Waals surface area contributed by atoms with E-state index in [1.54, 1.807) is 37.3 Å². The third kappa shape index (κ3) is 2.43. The summed E-state index contributed by atoms with van der Waals surface area (Å²) in [5.41, 5.74) is 1.52. The van der Waals surface area contributed by atoms with Gasteiger partial charge < -0.3 is 0 Å². The summed E-state index contributed by atoms with van der Waals surface area (Å²) < 4.78 is 36.9. The molecule has 0 saturated carbocycles. The molecule has 0 N–H and O–H groups in total. The van der Waals surface area contributed by atoms with Crippen molar-refractivity contribution in [2.75, 3.05) is 6.26 Å². The first kappa shape index (κ1) is 12.8. The highest BCUT2D eigenvalue weighted by Crippen LogP contribution is 2.26. The minimum atomic E-state index is -3.28. The molecule has 0 amide bonds. The fraction of sp³-hybridized carbons (Fsp3) is 0.143. The predicted octanol–water partition coefficient (Wildman–Crippen LogP) is 3.20. The van der Waals surface area contributed by atoms with Crippen LogP contribution in [0.15, 0.2) is 47.4 Å². The molecule has 2 aromatic carbocycles. The Bertz CT molecular complexity index is 691. The van der Waals surface area contributed by atoms with E-state index < -0.39 is 9.84 Å². The fourth-order valence-electron chi connectivity index (χ4n) is 1.76. The molecule has 2 rings (SSSR count). The lowest BCUT2D eigenvalue weighted by Crippen LogP contribution is -1.97. The molecule has 18 heavy (non-hydrogen) atoms. The molecule has 0 spiro atoms.